The SMILES string of the molecule is O=C1S/C(=C/c2ccccc2Cl)C(=O)N1CNc1ccc(I)cc1. The molecular weight excluding hydrogens is 459 g/mol. The maximum Gasteiger partial charge on any atom is 0.295 e. The second-order valence-corrected chi connectivity index (χ2v) is 7.62. The number of hydrogen-bond donors (Lipinski definition) is 1. The molecule has 2 aromatic rings. The highest BCUT2D eigenvalue weighted by Crippen LogP contribution is 2.33. The highest BCUT2D eigenvalue weighted by Gasteiger charge is 2.34. The number of benzene rings is 2. The van der Waals surface area contributed by atoms with Crippen molar-refractivity contribution in [3.05, 3.63) is 67.6 Å². The molecule has 3 rings (SSSR count). The van der Waals surface area contributed by atoms with Crippen LogP contribution in [0, 0.1) is 3.57 Å². The number of rotatable bonds is 4. The summed E-state index contributed by atoms with van der Waals surface area (Å²) >= 11 is 9.24. The van der Waals surface area contributed by atoms with Crippen LogP contribution in [0.2, 0.25) is 5.02 Å². The molecule has 2 amide bonds. The van der Waals surface area contributed by atoms with E-state index >= 15 is 0 Å². The Hall–Kier alpha value is -1.51. The third-order valence-corrected chi connectivity index (χ3v) is 5.32. The summed E-state index contributed by atoms with van der Waals surface area (Å²) in [7, 11) is 0. The van der Waals surface area contributed by atoms with E-state index < -0.39 is 0 Å². The van der Waals surface area contributed by atoms with Crippen LogP contribution in [0.25, 0.3) is 6.08 Å². The Bertz CT molecular complexity index is 824. The van der Waals surface area contributed by atoms with Gasteiger partial charge in [-0.15, -0.1) is 0 Å². The molecule has 0 atom stereocenters. The second kappa shape index (κ2) is 7.58. The van der Waals surface area contributed by atoms with Crippen molar-refractivity contribution in [2.75, 3.05) is 12.0 Å². The Morgan fingerprint density at radius 2 is 1.83 bits per heavy atom. The first-order valence-electron chi connectivity index (χ1n) is 7.04. The highest BCUT2D eigenvalue weighted by molar-refractivity contribution is 14.1. The van der Waals surface area contributed by atoms with E-state index in [1.807, 2.05) is 36.4 Å². The van der Waals surface area contributed by atoms with Gasteiger partial charge in [0.05, 0.1) is 11.6 Å². The summed E-state index contributed by atoms with van der Waals surface area (Å²) in [4.78, 5) is 26.1. The van der Waals surface area contributed by atoms with Gasteiger partial charge in [-0.05, 0) is 76.3 Å². The number of anilines is 1. The molecule has 1 aliphatic heterocycles. The summed E-state index contributed by atoms with van der Waals surface area (Å²) in [6.07, 6.45) is 1.65. The van der Waals surface area contributed by atoms with Gasteiger partial charge in [0.15, 0.2) is 0 Å². The molecule has 1 heterocycles. The zero-order valence-corrected chi connectivity index (χ0v) is 16.1. The molecule has 0 unspecified atom stereocenters. The number of imide groups is 1. The zero-order chi connectivity index (χ0) is 17.1. The predicted molar refractivity (Wildman–Crippen MR) is 107 cm³/mol. The van der Waals surface area contributed by atoms with Crippen LogP contribution in [0.3, 0.4) is 0 Å². The average Bonchev–Trinajstić information content (AvgIpc) is 2.83. The maximum absolute atomic E-state index is 12.4. The Morgan fingerprint density at radius 1 is 1.12 bits per heavy atom. The molecule has 122 valence electrons. The van der Waals surface area contributed by atoms with Crippen LogP contribution in [-0.2, 0) is 4.79 Å². The molecule has 24 heavy (non-hydrogen) atoms. The quantitative estimate of drug-likeness (QED) is 0.502. The lowest BCUT2D eigenvalue weighted by Gasteiger charge is -2.14. The average molecular weight is 471 g/mol. The van der Waals surface area contributed by atoms with Crippen molar-refractivity contribution >= 4 is 68.9 Å². The molecule has 0 bridgehead atoms. The molecular formula is C17H12ClIN2O2S. The van der Waals surface area contributed by atoms with Crippen molar-refractivity contribution in [2.45, 2.75) is 0 Å². The van der Waals surface area contributed by atoms with Gasteiger partial charge in [0, 0.05) is 14.3 Å². The van der Waals surface area contributed by atoms with Gasteiger partial charge >= 0.3 is 0 Å². The van der Waals surface area contributed by atoms with Crippen molar-refractivity contribution < 1.29 is 9.59 Å². The normalized spacial score (nSPS) is 16.1. The topological polar surface area (TPSA) is 49.4 Å². The van der Waals surface area contributed by atoms with Gasteiger partial charge in [-0.25, -0.2) is 0 Å². The van der Waals surface area contributed by atoms with E-state index in [0.717, 1.165) is 26.6 Å². The molecule has 1 fully saturated rings. The number of amides is 2. The largest absolute Gasteiger partial charge is 0.367 e. The molecule has 7 heteroatoms. The van der Waals surface area contributed by atoms with Crippen LogP contribution >= 0.6 is 46.0 Å². The van der Waals surface area contributed by atoms with Gasteiger partial charge in [-0.3, -0.25) is 14.5 Å². The maximum atomic E-state index is 12.4. The monoisotopic (exact) mass is 470 g/mol. The van der Waals surface area contributed by atoms with Crippen molar-refractivity contribution in [1.29, 1.82) is 0 Å². The number of nitrogens with one attached hydrogen (secondary N) is 1. The smallest absolute Gasteiger partial charge is 0.295 e. The predicted octanol–water partition coefficient (Wildman–Crippen LogP) is 5.05. The van der Waals surface area contributed by atoms with E-state index in [1.165, 1.54) is 4.90 Å². The molecule has 1 saturated heterocycles. The molecule has 0 spiro atoms. The summed E-state index contributed by atoms with van der Waals surface area (Å²) in [5.41, 5.74) is 1.57. The van der Waals surface area contributed by atoms with Gasteiger partial charge in [0.1, 0.15) is 0 Å². The molecule has 0 aliphatic carbocycles. The van der Waals surface area contributed by atoms with E-state index in [0.29, 0.717) is 9.93 Å². The summed E-state index contributed by atoms with van der Waals surface area (Å²) in [5, 5.41) is 3.33. The van der Waals surface area contributed by atoms with Crippen molar-refractivity contribution in [3.63, 3.8) is 0 Å². The number of hydrogen-bond acceptors (Lipinski definition) is 4. The second-order valence-electron chi connectivity index (χ2n) is 4.97. The van der Waals surface area contributed by atoms with Crippen LogP contribution in [0.5, 0.6) is 0 Å². The molecule has 1 aliphatic rings. The summed E-state index contributed by atoms with van der Waals surface area (Å²) in [6, 6.07) is 14.9. The number of halogens is 2. The van der Waals surface area contributed by atoms with E-state index in [2.05, 4.69) is 27.9 Å². The number of carbonyl (C=O) groups excluding carboxylic acids is 2. The van der Waals surface area contributed by atoms with Crippen LogP contribution in [0.1, 0.15) is 5.56 Å². The van der Waals surface area contributed by atoms with Crippen LogP contribution in [0.4, 0.5) is 10.5 Å². The summed E-state index contributed by atoms with van der Waals surface area (Å²) < 4.78 is 1.12. The Labute approximate surface area is 162 Å². The molecule has 0 radical (unpaired) electrons. The van der Waals surface area contributed by atoms with Crippen molar-refractivity contribution in [2.24, 2.45) is 0 Å². The summed E-state index contributed by atoms with van der Waals surface area (Å²) in [6.45, 7) is 0.130. The van der Waals surface area contributed by atoms with Crippen LogP contribution < -0.4 is 5.32 Å². The first kappa shape index (κ1) is 17.3. The van der Waals surface area contributed by atoms with E-state index in [4.69, 9.17) is 11.6 Å². The third-order valence-electron chi connectivity index (χ3n) is 3.35. The molecule has 2 aromatic carbocycles. The molecule has 1 N–H and O–H groups in total. The minimum absolute atomic E-state index is 0.130. The van der Waals surface area contributed by atoms with Gasteiger partial charge in [-0.2, -0.15) is 0 Å². The molecule has 0 aromatic heterocycles. The first-order chi connectivity index (χ1) is 11.5. The highest BCUT2D eigenvalue weighted by atomic mass is 127. The van der Waals surface area contributed by atoms with Gasteiger partial charge in [0.2, 0.25) is 0 Å². The number of carbonyl (C=O) groups is 2. The minimum atomic E-state index is -0.317. The third kappa shape index (κ3) is 3.93. The molecule has 0 saturated carbocycles. The van der Waals surface area contributed by atoms with Gasteiger partial charge in [-0.1, -0.05) is 29.8 Å². The Balaban J connectivity index is 1.72. The Kier molecular flexibility index (Phi) is 5.47. The van der Waals surface area contributed by atoms with Crippen molar-refractivity contribution in [3.8, 4) is 0 Å². The van der Waals surface area contributed by atoms with E-state index in [-0.39, 0.29) is 17.8 Å². The lowest BCUT2D eigenvalue weighted by atomic mass is 10.2. The first-order valence-corrected chi connectivity index (χ1v) is 9.31. The fraction of sp³-hybridized carbons (Fsp3) is 0.0588. The fourth-order valence-electron chi connectivity index (χ4n) is 2.11. The van der Waals surface area contributed by atoms with Crippen molar-refractivity contribution in [1.82, 2.24) is 4.90 Å². The standard InChI is InChI=1S/C17H12ClIN2O2S/c18-14-4-2-1-3-11(14)9-15-16(22)21(17(23)24-15)10-20-13-7-5-12(19)6-8-13/h1-9,20H,10H2/b15-9+. The van der Waals surface area contributed by atoms with Crippen LogP contribution in [-0.4, -0.2) is 22.7 Å². The van der Waals surface area contributed by atoms with E-state index in [1.54, 1.807) is 18.2 Å². The van der Waals surface area contributed by atoms with E-state index in [9.17, 15) is 9.59 Å². The zero-order valence-electron chi connectivity index (χ0n) is 12.3. The Morgan fingerprint density at radius 3 is 2.54 bits per heavy atom. The summed E-state index contributed by atoms with van der Waals surface area (Å²) in [5.74, 6) is -0.317. The number of nitrogens with zero attached hydrogens (tertiary/aromatic N) is 1. The lowest BCUT2D eigenvalue weighted by molar-refractivity contribution is -0.122. The lowest BCUT2D eigenvalue weighted by Crippen LogP contribution is -2.33. The fourth-order valence-corrected chi connectivity index (χ4v) is 3.49. The van der Waals surface area contributed by atoms with Gasteiger partial charge < -0.3 is 5.32 Å². The van der Waals surface area contributed by atoms with Crippen LogP contribution in [0.15, 0.2) is 53.4 Å². The minimum Gasteiger partial charge on any atom is -0.367 e. The van der Waals surface area contributed by atoms with Gasteiger partial charge in [0.25, 0.3) is 11.1 Å². The molecule has 4 nitrogen and oxygen atoms in total. The number of thioether (sulfide) groups is 1.